The van der Waals surface area contributed by atoms with Crippen LogP contribution in [0.15, 0.2) is 59.9 Å². The molecule has 0 bridgehead atoms. The number of amides is 1. The molecule has 1 unspecified atom stereocenters. The second-order valence-electron chi connectivity index (χ2n) is 7.56. The van der Waals surface area contributed by atoms with Crippen LogP contribution in [0.1, 0.15) is 34.5 Å². The van der Waals surface area contributed by atoms with Gasteiger partial charge in [-0.1, -0.05) is 18.2 Å². The summed E-state index contributed by atoms with van der Waals surface area (Å²) >= 11 is 0. The van der Waals surface area contributed by atoms with Crippen LogP contribution in [0.5, 0.6) is 5.88 Å². The van der Waals surface area contributed by atoms with Crippen LogP contribution in [-0.4, -0.2) is 58.0 Å². The number of ether oxygens (including phenoxy) is 1. The lowest BCUT2D eigenvalue weighted by Gasteiger charge is -2.30. The molecule has 31 heavy (non-hydrogen) atoms. The summed E-state index contributed by atoms with van der Waals surface area (Å²) < 4.78 is 7.69. The van der Waals surface area contributed by atoms with Crippen molar-refractivity contribution < 1.29 is 9.53 Å². The summed E-state index contributed by atoms with van der Waals surface area (Å²) in [6, 6.07) is 13.2. The number of nitrogens with zero attached hydrogens (tertiary/aromatic N) is 5. The van der Waals surface area contributed by atoms with E-state index >= 15 is 0 Å². The molecule has 4 rings (SSSR count). The van der Waals surface area contributed by atoms with Gasteiger partial charge in [0.15, 0.2) is 5.69 Å². The zero-order valence-corrected chi connectivity index (χ0v) is 17.5. The van der Waals surface area contributed by atoms with E-state index in [1.807, 2.05) is 36.4 Å². The van der Waals surface area contributed by atoms with Crippen LogP contribution >= 0.6 is 0 Å². The van der Waals surface area contributed by atoms with Gasteiger partial charge in [-0.05, 0) is 36.6 Å². The first-order valence-electron chi connectivity index (χ1n) is 10.3. The second-order valence-corrected chi connectivity index (χ2v) is 7.56. The number of aromatic nitrogens is 3. The summed E-state index contributed by atoms with van der Waals surface area (Å²) in [5.74, 6) is 0.361. The Kier molecular flexibility index (Phi) is 6.37. The molecule has 2 N–H and O–H groups in total. The highest BCUT2D eigenvalue weighted by Crippen LogP contribution is 2.23. The Morgan fingerprint density at radius 1 is 1.32 bits per heavy atom. The van der Waals surface area contributed by atoms with Gasteiger partial charge in [0.1, 0.15) is 6.61 Å². The average Bonchev–Trinajstić information content (AvgIpc) is 3.23. The molecular formula is C23H26N6O2. The quantitative estimate of drug-likeness (QED) is 0.620. The van der Waals surface area contributed by atoms with Crippen molar-refractivity contribution in [2.75, 3.05) is 20.1 Å². The summed E-state index contributed by atoms with van der Waals surface area (Å²) in [6.07, 6.45) is 7.08. The van der Waals surface area contributed by atoms with Crippen LogP contribution in [0.25, 0.3) is 5.69 Å². The highest BCUT2D eigenvalue weighted by molar-refractivity contribution is 5.92. The van der Waals surface area contributed by atoms with E-state index in [1.165, 1.54) is 0 Å². The zero-order valence-electron chi connectivity index (χ0n) is 17.5. The molecule has 8 heteroatoms. The predicted molar refractivity (Wildman–Crippen MR) is 119 cm³/mol. The average molecular weight is 419 g/mol. The van der Waals surface area contributed by atoms with Gasteiger partial charge in [0, 0.05) is 56.4 Å². The predicted octanol–water partition coefficient (Wildman–Crippen LogP) is 2.46. The molecular weight excluding hydrogens is 392 g/mol. The van der Waals surface area contributed by atoms with E-state index in [9.17, 15) is 4.79 Å². The van der Waals surface area contributed by atoms with Gasteiger partial charge in [-0.25, -0.2) is 4.68 Å². The molecule has 2 aromatic heterocycles. The molecule has 3 heterocycles. The van der Waals surface area contributed by atoms with Gasteiger partial charge in [-0.15, -0.1) is 0 Å². The van der Waals surface area contributed by atoms with Crippen molar-refractivity contribution in [2.24, 2.45) is 10.7 Å². The Labute approximate surface area is 181 Å². The largest absolute Gasteiger partial charge is 0.473 e. The Morgan fingerprint density at radius 2 is 2.16 bits per heavy atom. The van der Waals surface area contributed by atoms with Crippen LogP contribution in [0.2, 0.25) is 0 Å². The normalized spacial score (nSPS) is 16.6. The van der Waals surface area contributed by atoms with Gasteiger partial charge >= 0.3 is 0 Å². The van der Waals surface area contributed by atoms with Crippen molar-refractivity contribution in [1.82, 2.24) is 19.7 Å². The van der Waals surface area contributed by atoms with E-state index in [0.29, 0.717) is 31.3 Å². The number of nitrogens with two attached hydrogens (primary N) is 1. The molecule has 1 saturated heterocycles. The molecule has 0 spiro atoms. The van der Waals surface area contributed by atoms with Gasteiger partial charge in [-0.3, -0.25) is 14.8 Å². The second kappa shape index (κ2) is 9.53. The highest BCUT2D eigenvalue weighted by Gasteiger charge is 2.25. The zero-order chi connectivity index (χ0) is 21.6. The fraction of sp³-hybridized carbons (Fsp3) is 0.304. The maximum absolute atomic E-state index is 13.1. The molecule has 0 aliphatic carbocycles. The van der Waals surface area contributed by atoms with Crippen LogP contribution < -0.4 is 10.5 Å². The number of rotatable bonds is 6. The molecule has 160 valence electrons. The highest BCUT2D eigenvalue weighted by atomic mass is 16.5. The van der Waals surface area contributed by atoms with Crippen LogP contribution in [0, 0.1) is 0 Å². The first-order chi connectivity index (χ1) is 15.1. The lowest BCUT2D eigenvalue weighted by atomic mass is 10.1. The third kappa shape index (κ3) is 4.97. The number of benzene rings is 1. The van der Waals surface area contributed by atoms with Gasteiger partial charge in [0.2, 0.25) is 5.88 Å². The number of carbonyl (C=O) groups is 1. The smallest absolute Gasteiger partial charge is 0.274 e. The first-order valence-corrected chi connectivity index (χ1v) is 10.3. The number of piperidine rings is 1. The number of pyridine rings is 1. The fourth-order valence-corrected chi connectivity index (χ4v) is 3.60. The van der Waals surface area contributed by atoms with E-state index < -0.39 is 0 Å². The number of aliphatic imine (C=N–C) groups is 1. The molecule has 1 aliphatic rings. The third-order valence-corrected chi connectivity index (χ3v) is 5.17. The van der Waals surface area contributed by atoms with Crippen molar-refractivity contribution in [1.29, 1.82) is 0 Å². The molecule has 8 nitrogen and oxygen atoms in total. The molecule has 0 radical (unpaired) electrons. The van der Waals surface area contributed by atoms with Gasteiger partial charge in [0.25, 0.3) is 5.91 Å². The Bertz CT molecular complexity index is 1050. The summed E-state index contributed by atoms with van der Waals surface area (Å²) in [5.41, 5.74) is 9.11. The molecule has 0 saturated carbocycles. The van der Waals surface area contributed by atoms with E-state index in [1.54, 1.807) is 41.3 Å². The van der Waals surface area contributed by atoms with Crippen LogP contribution in [0.4, 0.5) is 0 Å². The SMILES string of the molecule is CN=Cc1ccc(-n2nc(C(=O)N3CCCC(N)C3)cc2OCc2cccnc2)cc1. The molecule has 3 aromatic rings. The monoisotopic (exact) mass is 418 g/mol. The van der Waals surface area contributed by atoms with Crippen molar-refractivity contribution >= 4 is 12.1 Å². The van der Waals surface area contributed by atoms with Gasteiger partial charge in [-0.2, -0.15) is 5.10 Å². The Hall–Kier alpha value is -3.52. The molecule has 1 aliphatic heterocycles. The maximum atomic E-state index is 13.1. The van der Waals surface area contributed by atoms with Crippen LogP contribution in [0.3, 0.4) is 0 Å². The molecule has 1 fully saturated rings. The summed E-state index contributed by atoms with van der Waals surface area (Å²) in [4.78, 5) is 23.0. The molecule has 1 aromatic carbocycles. The fourth-order valence-electron chi connectivity index (χ4n) is 3.60. The summed E-state index contributed by atoms with van der Waals surface area (Å²) in [7, 11) is 1.73. The van der Waals surface area contributed by atoms with E-state index in [4.69, 9.17) is 10.5 Å². The minimum absolute atomic E-state index is 0.00820. The van der Waals surface area contributed by atoms with Crippen molar-refractivity contribution in [2.45, 2.75) is 25.5 Å². The third-order valence-electron chi connectivity index (χ3n) is 5.17. The van der Waals surface area contributed by atoms with Gasteiger partial charge < -0.3 is 15.4 Å². The minimum Gasteiger partial charge on any atom is -0.473 e. The minimum atomic E-state index is -0.130. The van der Waals surface area contributed by atoms with Gasteiger partial charge in [0.05, 0.1) is 5.69 Å². The lowest BCUT2D eigenvalue weighted by Crippen LogP contribution is -2.45. The Balaban J connectivity index is 1.63. The standard InChI is InChI=1S/C23H26N6O2/c1-25-13-17-6-8-20(9-7-17)29-22(31-16-18-4-2-10-26-14-18)12-21(27-29)23(30)28-11-3-5-19(24)15-28/h2,4,6-10,12-14,19H,3,5,11,15-16,24H2,1H3. The van der Waals surface area contributed by atoms with E-state index in [2.05, 4.69) is 15.1 Å². The number of hydrogen-bond donors (Lipinski definition) is 1. The molecule has 1 atom stereocenters. The Morgan fingerprint density at radius 3 is 2.87 bits per heavy atom. The van der Waals surface area contributed by atoms with Crippen molar-refractivity contribution in [3.8, 4) is 11.6 Å². The number of hydrogen-bond acceptors (Lipinski definition) is 6. The van der Waals surface area contributed by atoms with Crippen molar-refractivity contribution in [3.05, 3.63) is 71.7 Å². The van der Waals surface area contributed by atoms with Crippen LogP contribution in [-0.2, 0) is 6.61 Å². The van der Waals surface area contributed by atoms with E-state index in [0.717, 1.165) is 29.7 Å². The van der Waals surface area contributed by atoms with Crippen molar-refractivity contribution in [3.63, 3.8) is 0 Å². The van der Waals surface area contributed by atoms with E-state index in [-0.39, 0.29) is 11.9 Å². The number of likely N-dealkylation sites (tertiary alicyclic amines) is 1. The topological polar surface area (TPSA) is 98.6 Å². The summed E-state index contributed by atoms with van der Waals surface area (Å²) in [6.45, 7) is 1.56. The lowest BCUT2D eigenvalue weighted by molar-refractivity contribution is 0.0702. The molecule has 1 amide bonds. The number of carbonyl (C=O) groups excluding carboxylic acids is 1. The maximum Gasteiger partial charge on any atom is 0.274 e. The summed E-state index contributed by atoms with van der Waals surface area (Å²) in [5, 5.41) is 4.58. The first kappa shape index (κ1) is 20.7.